The predicted octanol–water partition coefficient (Wildman–Crippen LogP) is 2.63. The van der Waals surface area contributed by atoms with Gasteiger partial charge in [-0.05, 0) is 43.7 Å². The van der Waals surface area contributed by atoms with Crippen molar-refractivity contribution in [2.24, 2.45) is 0 Å². The maximum atomic E-state index is 12.4. The van der Waals surface area contributed by atoms with Crippen LogP contribution in [-0.4, -0.2) is 22.6 Å². The topological polar surface area (TPSA) is 71.5 Å². The van der Waals surface area contributed by atoms with Crippen molar-refractivity contribution in [2.75, 3.05) is 11.9 Å². The molecule has 1 aliphatic rings. The molecule has 0 bridgehead atoms. The van der Waals surface area contributed by atoms with Crippen LogP contribution in [0, 0.1) is 6.92 Å². The van der Waals surface area contributed by atoms with Gasteiger partial charge in [0.1, 0.15) is 0 Å². The average Bonchev–Trinajstić information content (AvgIpc) is 2.74. The normalized spacial score (nSPS) is 19.7. The molecule has 22 heavy (non-hydrogen) atoms. The van der Waals surface area contributed by atoms with Crippen LogP contribution in [-0.2, 0) is 10.4 Å². The Morgan fingerprint density at radius 3 is 2.86 bits per heavy atom. The van der Waals surface area contributed by atoms with Gasteiger partial charge in [0.25, 0.3) is 5.91 Å². The molecule has 114 valence electrons. The number of fused-ring (bicyclic) bond motifs is 1. The standard InChI is InChI=1S/C16H15ClN2O3/c1-3-22-14-12(6-9(2)8-18-14)16(21)11-7-10(17)4-5-13(11)19-15(16)20/h4-8,21H,3H2,1-2H3,(H,19,20). The third-order valence-electron chi connectivity index (χ3n) is 3.61. The van der Waals surface area contributed by atoms with Crippen LogP contribution in [0.4, 0.5) is 5.69 Å². The molecule has 0 fully saturated rings. The second kappa shape index (κ2) is 5.26. The molecule has 3 rings (SSSR count). The summed E-state index contributed by atoms with van der Waals surface area (Å²) >= 11 is 6.02. The van der Waals surface area contributed by atoms with Crippen LogP contribution in [0.5, 0.6) is 5.88 Å². The molecule has 1 unspecified atom stereocenters. The number of nitrogens with zero attached hydrogens (tertiary/aromatic N) is 1. The lowest BCUT2D eigenvalue weighted by Crippen LogP contribution is -2.36. The average molecular weight is 319 g/mol. The monoisotopic (exact) mass is 318 g/mol. The minimum atomic E-state index is -1.87. The number of ether oxygens (including phenoxy) is 1. The molecular weight excluding hydrogens is 304 g/mol. The van der Waals surface area contributed by atoms with Crippen molar-refractivity contribution in [3.8, 4) is 5.88 Å². The number of aryl methyl sites for hydroxylation is 1. The summed E-state index contributed by atoms with van der Waals surface area (Å²) < 4.78 is 5.48. The number of carbonyl (C=O) groups is 1. The molecule has 0 spiro atoms. The molecule has 2 N–H and O–H groups in total. The third-order valence-corrected chi connectivity index (χ3v) is 3.84. The van der Waals surface area contributed by atoms with E-state index in [2.05, 4.69) is 10.3 Å². The molecule has 0 radical (unpaired) electrons. The van der Waals surface area contributed by atoms with Gasteiger partial charge in [0.05, 0.1) is 12.2 Å². The van der Waals surface area contributed by atoms with Gasteiger partial charge in [-0.1, -0.05) is 11.6 Å². The van der Waals surface area contributed by atoms with E-state index < -0.39 is 11.5 Å². The number of rotatable bonds is 3. The number of anilines is 1. The smallest absolute Gasteiger partial charge is 0.266 e. The summed E-state index contributed by atoms with van der Waals surface area (Å²) in [7, 11) is 0. The number of nitrogens with one attached hydrogen (secondary N) is 1. The number of aliphatic hydroxyl groups is 1. The number of benzene rings is 1. The lowest BCUT2D eigenvalue weighted by Gasteiger charge is -2.23. The molecule has 1 aromatic heterocycles. The summed E-state index contributed by atoms with van der Waals surface area (Å²) in [6.07, 6.45) is 1.63. The fourth-order valence-corrected chi connectivity index (χ4v) is 2.77. The molecule has 0 aliphatic carbocycles. The van der Waals surface area contributed by atoms with Crippen LogP contribution >= 0.6 is 11.6 Å². The van der Waals surface area contributed by atoms with Crippen molar-refractivity contribution >= 4 is 23.2 Å². The van der Waals surface area contributed by atoms with Crippen molar-refractivity contribution in [1.82, 2.24) is 4.98 Å². The fourth-order valence-electron chi connectivity index (χ4n) is 2.59. The van der Waals surface area contributed by atoms with Gasteiger partial charge in [0, 0.05) is 22.5 Å². The second-order valence-corrected chi connectivity index (χ2v) is 5.59. The molecule has 2 aromatic rings. The van der Waals surface area contributed by atoms with E-state index in [0.29, 0.717) is 28.4 Å². The molecule has 0 saturated carbocycles. The van der Waals surface area contributed by atoms with Crippen molar-refractivity contribution in [1.29, 1.82) is 0 Å². The van der Waals surface area contributed by atoms with Gasteiger partial charge in [0.15, 0.2) is 0 Å². The van der Waals surface area contributed by atoms with E-state index in [4.69, 9.17) is 16.3 Å². The van der Waals surface area contributed by atoms with Crippen LogP contribution in [0.1, 0.15) is 23.6 Å². The first-order valence-electron chi connectivity index (χ1n) is 6.90. The van der Waals surface area contributed by atoms with E-state index in [0.717, 1.165) is 5.56 Å². The van der Waals surface area contributed by atoms with Gasteiger partial charge in [-0.25, -0.2) is 4.98 Å². The summed E-state index contributed by atoms with van der Waals surface area (Å²) in [6.45, 7) is 4.03. The van der Waals surface area contributed by atoms with Crippen LogP contribution in [0.2, 0.25) is 5.02 Å². The molecule has 1 aliphatic heterocycles. The minimum Gasteiger partial charge on any atom is -0.478 e. The maximum absolute atomic E-state index is 12.4. The largest absolute Gasteiger partial charge is 0.478 e. The molecule has 2 heterocycles. The zero-order valence-corrected chi connectivity index (χ0v) is 12.9. The van der Waals surface area contributed by atoms with Crippen LogP contribution in [0.15, 0.2) is 30.5 Å². The summed E-state index contributed by atoms with van der Waals surface area (Å²) in [5.41, 5.74) is 0.186. The van der Waals surface area contributed by atoms with E-state index in [1.54, 1.807) is 30.5 Å². The predicted molar refractivity (Wildman–Crippen MR) is 83.2 cm³/mol. The molecule has 6 heteroatoms. The summed E-state index contributed by atoms with van der Waals surface area (Å²) in [4.78, 5) is 16.6. The molecule has 1 amide bonds. The minimum absolute atomic E-state index is 0.235. The molecule has 1 aromatic carbocycles. The Labute approximate surface area is 132 Å². The van der Waals surface area contributed by atoms with E-state index in [1.807, 2.05) is 13.8 Å². The molecule has 5 nitrogen and oxygen atoms in total. The molecule has 0 saturated heterocycles. The Hall–Kier alpha value is -2.11. The highest BCUT2D eigenvalue weighted by Gasteiger charge is 2.49. The fraction of sp³-hybridized carbons (Fsp3) is 0.250. The quantitative estimate of drug-likeness (QED) is 0.912. The third kappa shape index (κ3) is 2.14. The first kappa shape index (κ1) is 14.8. The van der Waals surface area contributed by atoms with E-state index >= 15 is 0 Å². The Morgan fingerprint density at radius 2 is 2.14 bits per heavy atom. The van der Waals surface area contributed by atoms with Gasteiger partial charge in [-0.3, -0.25) is 4.79 Å². The van der Waals surface area contributed by atoms with Crippen molar-refractivity contribution in [3.63, 3.8) is 0 Å². The highest BCUT2D eigenvalue weighted by molar-refractivity contribution is 6.31. The number of hydrogen-bond acceptors (Lipinski definition) is 4. The van der Waals surface area contributed by atoms with Gasteiger partial charge in [-0.2, -0.15) is 0 Å². The van der Waals surface area contributed by atoms with Gasteiger partial charge < -0.3 is 15.2 Å². The van der Waals surface area contributed by atoms with Gasteiger partial charge in [0.2, 0.25) is 11.5 Å². The zero-order chi connectivity index (χ0) is 15.9. The Kier molecular flexibility index (Phi) is 3.54. The van der Waals surface area contributed by atoms with Gasteiger partial charge in [-0.15, -0.1) is 0 Å². The second-order valence-electron chi connectivity index (χ2n) is 5.15. The van der Waals surface area contributed by atoms with Crippen LogP contribution in [0.3, 0.4) is 0 Å². The number of carbonyl (C=O) groups excluding carboxylic acids is 1. The van der Waals surface area contributed by atoms with Gasteiger partial charge >= 0.3 is 0 Å². The summed E-state index contributed by atoms with van der Waals surface area (Å²) in [5, 5.41) is 14.3. The molecule has 1 atom stereocenters. The van der Waals surface area contributed by atoms with Crippen molar-refractivity contribution in [2.45, 2.75) is 19.4 Å². The molecular formula is C16H15ClN2O3. The number of halogens is 1. The summed E-state index contributed by atoms with van der Waals surface area (Å²) in [5.74, 6) is -0.309. The van der Waals surface area contributed by atoms with E-state index in [9.17, 15) is 9.90 Å². The van der Waals surface area contributed by atoms with Crippen molar-refractivity contribution in [3.05, 3.63) is 52.2 Å². The van der Waals surface area contributed by atoms with E-state index in [-0.39, 0.29) is 5.88 Å². The lowest BCUT2D eigenvalue weighted by atomic mass is 9.87. The first-order valence-corrected chi connectivity index (χ1v) is 7.28. The maximum Gasteiger partial charge on any atom is 0.266 e. The number of hydrogen-bond donors (Lipinski definition) is 2. The Bertz CT molecular complexity index is 763. The number of aromatic nitrogens is 1. The lowest BCUT2D eigenvalue weighted by molar-refractivity contribution is -0.129. The number of amides is 1. The van der Waals surface area contributed by atoms with E-state index in [1.165, 1.54) is 0 Å². The summed E-state index contributed by atoms with van der Waals surface area (Å²) in [6, 6.07) is 6.60. The SMILES string of the molecule is CCOc1ncc(C)cc1C1(O)C(=O)Nc2ccc(Cl)cc21. The van der Waals surface area contributed by atoms with Crippen molar-refractivity contribution < 1.29 is 14.6 Å². The first-order chi connectivity index (χ1) is 10.5. The Balaban J connectivity index is 2.25. The van der Waals surface area contributed by atoms with Crippen LogP contribution < -0.4 is 10.1 Å². The highest BCUT2D eigenvalue weighted by Crippen LogP contribution is 2.44. The van der Waals surface area contributed by atoms with Crippen LogP contribution in [0.25, 0.3) is 0 Å². The number of pyridine rings is 1. The Morgan fingerprint density at radius 1 is 1.36 bits per heavy atom. The zero-order valence-electron chi connectivity index (χ0n) is 12.2. The highest BCUT2D eigenvalue weighted by atomic mass is 35.5.